The van der Waals surface area contributed by atoms with E-state index in [4.69, 9.17) is 4.74 Å². The molecule has 3 saturated carbocycles. The molecule has 150 valence electrons. The SMILES string of the molecule is CC(=O)O[C@]1(C(C)=O)CC[C@H]2[C@@H]3C=CC4=CC(=O)C5CC5[C@]4(C)[C@H]3CC[C@@]21C. The van der Waals surface area contributed by atoms with Crippen LogP contribution in [0.5, 0.6) is 0 Å². The van der Waals surface area contributed by atoms with Crippen LogP contribution in [-0.4, -0.2) is 23.1 Å². The maximum atomic E-state index is 12.8. The van der Waals surface area contributed by atoms with Crippen LogP contribution in [0.15, 0.2) is 23.8 Å². The van der Waals surface area contributed by atoms with Crippen LogP contribution in [0, 0.1) is 40.4 Å². The van der Waals surface area contributed by atoms with Crippen molar-refractivity contribution >= 4 is 17.5 Å². The molecule has 8 atom stereocenters. The summed E-state index contributed by atoms with van der Waals surface area (Å²) in [6.45, 7) is 7.55. The van der Waals surface area contributed by atoms with Crippen LogP contribution in [0.1, 0.15) is 59.8 Å². The van der Waals surface area contributed by atoms with Crippen molar-refractivity contribution in [1.29, 1.82) is 0 Å². The minimum absolute atomic E-state index is 0.0109. The molecule has 5 aliphatic rings. The molecule has 0 amide bonds. The summed E-state index contributed by atoms with van der Waals surface area (Å²) in [5.74, 6) is 1.87. The second-order valence-electron chi connectivity index (χ2n) is 10.4. The van der Waals surface area contributed by atoms with Crippen molar-refractivity contribution in [2.24, 2.45) is 40.4 Å². The lowest BCUT2D eigenvalue weighted by Crippen LogP contribution is -2.58. The number of allylic oxidation sites excluding steroid dienone is 4. The molecule has 5 aliphatic carbocycles. The zero-order valence-electron chi connectivity index (χ0n) is 17.3. The Labute approximate surface area is 166 Å². The van der Waals surface area contributed by atoms with E-state index in [9.17, 15) is 14.4 Å². The van der Waals surface area contributed by atoms with Crippen LogP contribution >= 0.6 is 0 Å². The fraction of sp³-hybridized carbons (Fsp3) is 0.708. The predicted molar refractivity (Wildman–Crippen MR) is 104 cm³/mol. The van der Waals surface area contributed by atoms with Gasteiger partial charge < -0.3 is 4.74 Å². The number of ketones is 2. The molecule has 0 spiro atoms. The quantitative estimate of drug-likeness (QED) is 0.676. The molecule has 0 saturated heterocycles. The fourth-order valence-corrected chi connectivity index (χ4v) is 7.96. The van der Waals surface area contributed by atoms with Crippen LogP contribution < -0.4 is 0 Å². The Hall–Kier alpha value is -1.71. The molecule has 0 heterocycles. The fourth-order valence-electron chi connectivity index (χ4n) is 7.96. The molecule has 3 fully saturated rings. The minimum Gasteiger partial charge on any atom is -0.451 e. The van der Waals surface area contributed by atoms with Gasteiger partial charge in [0.05, 0.1) is 0 Å². The van der Waals surface area contributed by atoms with Gasteiger partial charge >= 0.3 is 5.97 Å². The van der Waals surface area contributed by atoms with Gasteiger partial charge in [0.15, 0.2) is 17.2 Å². The van der Waals surface area contributed by atoms with E-state index in [0.717, 1.165) is 25.7 Å². The lowest BCUT2D eigenvalue weighted by Gasteiger charge is -2.57. The zero-order chi connectivity index (χ0) is 20.1. The van der Waals surface area contributed by atoms with Gasteiger partial charge in [0.2, 0.25) is 0 Å². The highest BCUT2D eigenvalue weighted by molar-refractivity contribution is 5.97. The average molecular weight is 383 g/mol. The van der Waals surface area contributed by atoms with Gasteiger partial charge in [-0.05, 0) is 79.8 Å². The molecule has 28 heavy (non-hydrogen) atoms. The molecule has 4 nitrogen and oxygen atoms in total. The standard InChI is InChI=1S/C24H30O4/c1-13(25)24(28-14(2)26)10-8-18-16-6-5-15-11-21(27)17-12-20(17)23(15,4)19(16)7-9-22(18,24)3/h5-6,11,16-20H,7-10,12H2,1-4H3/t16-,17?,18-,19-,20?,22-,23-,24-/m0/s1. The number of ether oxygens (including phenoxy) is 1. The minimum atomic E-state index is -0.982. The Morgan fingerprint density at radius 2 is 1.79 bits per heavy atom. The van der Waals surface area contributed by atoms with E-state index in [0.29, 0.717) is 35.9 Å². The number of hydrogen-bond acceptors (Lipinski definition) is 4. The summed E-state index contributed by atoms with van der Waals surface area (Å²) in [5, 5.41) is 0. The number of carbonyl (C=O) groups is 3. The van der Waals surface area contributed by atoms with E-state index in [1.807, 2.05) is 6.08 Å². The highest BCUT2D eigenvalue weighted by atomic mass is 16.6. The number of hydrogen-bond donors (Lipinski definition) is 0. The molecule has 0 bridgehead atoms. The van der Waals surface area contributed by atoms with E-state index >= 15 is 0 Å². The second-order valence-corrected chi connectivity index (χ2v) is 10.4. The highest BCUT2D eigenvalue weighted by Gasteiger charge is 2.69. The Morgan fingerprint density at radius 1 is 1.07 bits per heavy atom. The predicted octanol–water partition coefficient (Wildman–Crippen LogP) is 4.04. The van der Waals surface area contributed by atoms with Crippen molar-refractivity contribution in [2.45, 2.75) is 65.4 Å². The monoisotopic (exact) mass is 382 g/mol. The Kier molecular flexibility index (Phi) is 3.57. The van der Waals surface area contributed by atoms with E-state index in [2.05, 4.69) is 26.0 Å². The normalized spacial score (nSPS) is 50.6. The third kappa shape index (κ3) is 1.99. The number of esters is 1. The third-order valence-electron chi connectivity index (χ3n) is 9.45. The van der Waals surface area contributed by atoms with Crippen molar-refractivity contribution in [3.63, 3.8) is 0 Å². The zero-order valence-corrected chi connectivity index (χ0v) is 17.3. The lowest BCUT2D eigenvalue weighted by molar-refractivity contribution is -0.185. The summed E-state index contributed by atoms with van der Waals surface area (Å²) in [5.41, 5.74) is -0.00957. The molecule has 0 N–H and O–H groups in total. The number of rotatable bonds is 2. The Morgan fingerprint density at radius 3 is 2.46 bits per heavy atom. The third-order valence-corrected chi connectivity index (χ3v) is 9.45. The maximum Gasteiger partial charge on any atom is 0.303 e. The maximum absolute atomic E-state index is 12.8. The van der Waals surface area contributed by atoms with Crippen LogP contribution in [0.25, 0.3) is 0 Å². The smallest absolute Gasteiger partial charge is 0.303 e. The first-order valence-corrected chi connectivity index (χ1v) is 10.8. The number of fused-ring (bicyclic) bond motifs is 7. The largest absolute Gasteiger partial charge is 0.451 e. The van der Waals surface area contributed by atoms with Gasteiger partial charge in [-0.15, -0.1) is 0 Å². The summed E-state index contributed by atoms with van der Waals surface area (Å²) in [7, 11) is 0. The van der Waals surface area contributed by atoms with Gasteiger partial charge in [-0.1, -0.05) is 26.0 Å². The molecule has 4 heteroatoms. The van der Waals surface area contributed by atoms with Gasteiger partial charge in [0, 0.05) is 18.3 Å². The van der Waals surface area contributed by atoms with E-state index in [1.165, 1.54) is 12.5 Å². The van der Waals surface area contributed by atoms with E-state index in [1.54, 1.807) is 6.92 Å². The Bertz CT molecular complexity index is 853. The first-order chi connectivity index (χ1) is 13.1. The summed E-state index contributed by atoms with van der Waals surface area (Å²) in [4.78, 5) is 37.0. The second kappa shape index (κ2) is 5.46. The van der Waals surface area contributed by atoms with Crippen molar-refractivity contribution < 1.29 is 19.1 Å². The summed E-state index contributed by atoms with van der Waals surface area (Å²) in [6, 6.07) is 0. The lowest BCUT2D eigenvalue weighted by atomic mass is 9.47. The van der Waals surface area contributed by atoms with Gasteiger partial charge in [-0.2, -0.15) is 0 Å². The molecular formula is C24H30O4. The van der Waals surface area contributed by atoms with Gasteiger partial charge in [-0.3, -0.25) is 14.4 Å². The summed E-state index contributed by atoms with van der Waals surface area (Å²) in [6.07, 6.45) is 10.9. The Balaban J connectivity index is 1.56. The molecule has 0 aliphatic heterocycles. The van der Waals surface area contributed by atoms with Gasteiger partial charge in [0.25, 0.3) is 0 Å². The van der Waals surface area contributed by atoms with Crippen molar-refractivity contribution in [3.8, 4) is 0 Å². The average Bonchev–Trinajstić information content (AvgIpc) is 3.37. The topological polar surface area (TPSA) is 60.4 Å². The van der Waals surface area contributed by atoms with Crippen LogP contribution in [-0.2, 0) is 19.1 Å². The van der Waals surface area contributed by atoms with Crippen molar-refractivity contribution in [2.75, 3.05) is 0 Å². The van der Waals surface area contributed by atoms with Crippen LogP contribution in [0.3, 0.4) is 0 Å². The summed E-state index contributed by atoms with van der Waals surface area (Å²) >= 11 is 0. The van der Waals surface area contributed by atoms with Crippen LogP contribution in [0.2, 0.25) is 0 Å². The first-order valence-electron chi connectivity index (χ1n) is 10.8. The summed E-state index contributed by atoms with van der Waals surface area (Å²) < 4.78 is 5.82. The van der Waals surface area contributed by atoms with Gasteiger partial charge in [-0.25, -0.2) is 0 Å². The van der Waals surface area contributed by atoms with Crippen LogP contribution in [0.4, 0.5) is 0 Å². The molecule has 0 aromatic carbocycles. The molecule has 0 aromatic rings. The molecule has 0 aromatic heterocycles. The number of Topliss-reactive ketones (excluding diaryl/α,β-unsaturated/α-hetero) is 1. The molecule has 2 unspecified atom stereocenters. The van der Waals surface area contributed by atoms with E-state index < -0.39 is 5.60 Å². The first kappa shape index (κ1) is 18.3. The van der Waals surface area contributed by atoms with Crippen molar-refractivity contribution in [3.05, 3.63) is 23.8 Å². The van der Waals surface area contributed by atoms with Crippen molar-refractivity contribution in [1.82, 2.24) is 0 Å². The molecular weight excluding hydrogens is 352 g/mol. The van der Waals surface area contributed by atoms with E-state index in [-0.39, 0.29) is 28.5 Å². The molecule has 5 rings (SSSR count). The highest BCUT2D eigenvalue weighted by Crippen LogP contribution is 2.71. The van der Waals surface area contributed by atoms with Gasteiger partial charge in [0.1, 0.15) is 0 Å². The molecule has 0 radical (unpaired) electrons. The number of carbonyl (C=O) groups excluding carboxylic acids is 3.